The van der Waals surface area contributed by atoms with Gasteiger partial charge >= 0.3 is 0 Å². The lowest BCUT2D eigenvalue weighted by Crippen LogP contribution is -2.22. The first kappa shape index (κ1) is 10.7. The second-order valence-electron chi connectivity index (χ2n) is 3.30. The average molecular weight is 237 g/mol. The Morgan fingerprint density at radius 3 is 2.88 bits per heavy atom. The van der Waals surface area contributed by atoms with Crippen LogP contribution in [0.5, 0.6) is 0 Å². The van der Waals surface area contributed by atoms with E-state index < -0.39 is 0 Å². The molecule has 0 saturated heterocycles. The van der Waals surface area contributed by atoms with Gasteiger partial charge < -0.3 is 0 Å². The number of nitrogens with zero attached hydrogens (tertiary/aromatic N) is 3. The fourth-order valence-electron chi connectivity index (χ4n) is 1.34. The summed E-state index contributed by atoms with van der Waals surface area (Å²) in [5.41, 5.74) is 0.486. The van der Waals surface area contributed by atoms with Crippen LogP contribution in [0.1, 0.15) is 13.3 Å². The minimum Gasteiger partial charge on any atom is -0.280 e. The SMILES string of the molecule is CCCn1nc(-c2nc(=S)[nH][nH]2)ccc1=O. The molecule has 0 aliphatic carbocycles. The van der Waals surface area contributed by atoms with E-state index in [1.54, 1.807) is 6.07 Å². The van der Waals surface area contributed by atoms with E-state index >= 15 is 0 Å². The zero-order chi connectivity index (χ0) is 11.5. The third kappa shape index (κ3) is 2.08. The molecular weight excluding hydrogens is 226 g/mol. The van der Waals surface area contributed by atoms with Gasteiger partial charge in [-0.05, 0) is 24.7 Å². The summed E-state index contributed by atoms with van der Waals surface area (Å²) in [6, 6.07) is 3.10. The highest BCUT2D eigenvalue weighted by molar-refractivity contribution is 7.71. The van der Waals surface area contributed by atoms with E-state index in [2.05, 4.69) is 20.3 Å². The Labute approximate surface area is 96.3 Å². The third-order valence-electron chi connectivity index (χ3n) is 2.05. The van der Waals surface area contributed by atoms with Crippen molar-refractivity contribution in [2.45, 2.75) is 19.9 Å². The number of aryl methyl sites for hydroxylation is 1. The van der Waals surface area contributed by atoms with Gasteiger partial charge in [0.2, 0.25) is 4.77 Å². The summed E-state index contributed by atoms with van der Waals surface area (Å²) in [6.45, 7) is 2.58. The van der Waals surface area contributed by atoms with Crippen LogP contribution in [0.3, 0.4) is 0 Å². The zero-order valence-corrected chi connectivity index (χ0v) is 9.54. The van der Waals surface area contributed by atoms with Crippen LogP contribution in [0, 0.1) is 4.77 Å². The van der Waals surface area contributed by atoms with Crippen LogP contribution in [0.2, 0.25) is 0 Å². The summed E-state index contributed by atoms with van der Waals surface area (Å²) in [7, 11) is 0. The summed E-state index contributed by atoms with van der Waals surface area (Å²) >= 11 is 4.85. The Hall–Kier alpha value is -1.76. The second kappa shape index (κ2) is 4.40. The number of aromatic amines is 2. The number of aromatic nitrogens is 5. The second-order valence-corrected chi connectivity index (χ2v) is 3.68. The van der Waals surface area contributed by atoms with Crippen LogP contribution >= 0.6 is 12.2 Å². The van der Waals surface area contributed by atoms with E-state index in [0.29, 0.717) is 22.8 Å². The largest absolute Gasteiger partial charge is 0.280 e. The molecule has 16 heavy (non-hydrogen) atoms. The molecule has 6 nitrogen and oxygen atoms in total. The minimum atomic E-state index is -0.111. The predicted octanol–water partition coefficient (Wildman–Crippen LogP) is 1.10. The molecule has 0 amide bonds. The summed E-state index contributed by atoms with van der Waals surface area (Å²) in [5.74, 6) is 0.537. The summed E-state index contributed by atoms with van der Waals surface area (Å²) < 4.78 is 1.78. The molecule has 0 aliphatic rings. The molecule has 2 aromatic rings. The van der Waals surface area contributed by atoms with Crippen molar-refractivity contribution in [2.75, 3.05) is 0 Å². The standard InChI is InChI=1S/C9H11N5OS/c1-2-5-14-7(15)4-3-6(13-14)8-10-9(16)12-11-8/h3-4H,2,5H2,1H3,(H2,10,11,12,16). The van der Waals surface area contributed by atoms with Crippen molar-refractivity contribution in [3.63, 3.8) is 0 Å². The molecule has 2 rings (SSSR count). The molecular formula is C9H11N5OS. The van der Waals surface area contributed by atoms with E-state index in [4.69, 9.17) is 12.2 Å². The quantitative estimate of drug-likeness (QED) is 0.783. The molecule has 2 N–H and O–H groups in total. The van der Waals surface area contributed by atoms with E-state index in [9.17, 15) is 4.79 Å². The molecule has 0 radical (unpaired) electrons. The molecule has 0 saturated carbocycles. The van der Waals surface area contributed by atoms with Crippen LogP contribution in [0.4, 0.5) is 0 Å². The molecule has 0 aliphatic heterocycles. The predicted molar refractivity (Wildman–Crippen MR) is 61.6 cm³/mol. The van der Waals surface area contributed by atoms with Crippen LogP contribution in [0.25, 0.3) is 11.5 Å². The highest BCUT2D eigenvalue weighted by Gasteiger charge is 2.05. The van der Waals surface area contributed by atoms with Crippen LogP contribution in [-0.4, -0.2) is 25.0 Å². The van der Waals surface area contributed by atoms with E-state index in [1.165, 1.54) is 10.7 Å². The monoisotopic (exact) mass is 237 g/mol. The Balaban J connectivity index is 2.47. The summed E-state index contributed by atoms with van der Waals surface area (Å²) in [4.78, 5) is 15.5. The average Bonchev–Trinajstić information content (AvgIpc) is 2.69. The number of nitrogens with one attached hydrogen (secondary N) is 2. The van der Waals surface area contributed by atoms with Gasteiger partial charge in [0.15, 0.2) is 5.82 Å². The maximum absolute atomic E-state index is 11.4. The van der Waals surface area contributed by atoms with Crippen molar-refractivity contribution >= 4 is 12.2 Å². The lowest BCUT2D eigenvalue weighted by atomic mass is 10.3. The number of hydrogen-bond donors (Lipinski definition) is 2. The zero-order valence-electron chi connectivity index (χ0n) is 8.73. The molecule has 2 aromatic heterocycles. The Kier molecular flexibility index (Phi) is 2.95. The molecule has 84 valence electrons. The van der Waals surface area contributed by atoms with Crippen molar-refractivity contribution in [3.8, 4) is 11.5 Å². The smallest absolute Gasteiger partial charge is 0.266 e. The van der Waals surface area contributed by atoms with Gasteiger partial charge in [-0.3, -0.25) is 15.0 Å². The van der Waals surface area contributed by atoms with Crippen molar-refractivity contribution in [1.29, 1.82) is 0 Å². The normalized spacial score (nSPS) is 10.6. The molecule has 0 spiro atoms. The summed E-state index contributed by atoms with van der Waals surface area (Å²) in [5, 5.41) is 9.67. The van der Waals surface area contributed by atoms with Crippen LogP contribution < -0.4 is 5.56 Å². The minimum absolute atomic E-state index is 0.111. The maximum atomic E-state index is 11.4. The van der Waals surface area contributed by atoms with Gasteiger partial charge in [-0.2, -0.15) is 10.1 Å². The van der Waals surface area contributed by atoms with Gasteiger partial charge in [-0.25, -0.2) is 4.68 Å². The molecule has 2 heterocycles. The van der Waals surface area contributed by atoms with Crippen molar-refractivity contribution in [2.24, 2.45) is 0 Å². The first-order chi connectivity index (χ1) is 7.70. The van der Waals surface area contributed by atoms with Crippen molar-refractivity contribution in [1.82, 2.24) is 25.0 Å². The molecule has 0 bridgehead atoms. The number of hydrogen-bond acceptors (Lipinski definition) is 4. The first-order valence-electron chi connectivity index (χ1n) is 4.94. The topological polar surface area (TPSA) is 79.4 Å². The third-order valence-corrected chi connectivity index (χ3v) is 2.24. The van der Waals surface area contributed by atoms with E-state index in [-0.39, 0.29) is 5.56 Å². The lowest BCUT2D eigenvalue weighted by Gasteiger charge is -2.02. The van der Waals surface area contributed by atoms with Crippen LogP contribution in [0.15, 0.2) is 16.9 Å². The first-order valence-corrected chi connectivity index (χ1v) is 5.34. The van der Waals surface area contributed by atoms with Crippen molar-refractivity contribution < 1.29 is 0 Å². The Morgan fingerprint density at radius 1 is 1.44 bits per heavy atom. The molecule has 0 aromatic carbocycles. The fourth-order valence-corrected chi connectivity index (χ4v) is 1.48. The van der Waals surface area contributed by atoms with Gasteiger partial charge in [0.05, 0.1) is 0 Å². The van der Waals surface area contributed by atoms with Gasteiger partial charge in [0.1, 0.15) is 5.69 Å². The fraction of sp³-hybridized carbons (Fsp3) is 0.333. The Morgan fingerprint density at radius 2 is 2.25 bits per heavy atom. The molecule has 0 fully saturated rings. The van der Waals surface area contributed by atoms with Crippen LogP contribution in [-0.2, 0) is 6.54 Å². The van der Waals surface area contributed by atoms with E-state index in [1.807, 2.05) is 6.92 Å². The summed E-state index contributed by atoms with van der Waals surface area (Å²) in [6.07, 6.45) is 0.854. The van der Waals surface area contributed by atoms with Gasteiger partial charge in [-0.15, -0.1) is 0 Å². The Bertz CT molecular complexity index is 596. The lowest BCUT2D eigenvalue weighted by molar-refractivity contribution is 0.570. The van der Waals surface area contributed by atoms with Gasteiger partial charge in [0.25, 0.3) is 5.56 Å². The molecule has 7 heteroatoms. The van der Waals surface area contributed by atoms with Gasteiger partial charge in [-0.1, -0.05) is 6.92 Å². The number of rotatable bonds is 3. The molecule has 0 unspecified atom stereocenters. The highest BCUT2D eigenvalue weighted by atomic mass is 32.1. The van der Waals surface area contributed by atoms with E-state index in [0.717, 1.165) is 6.42 Å². The van der Waals surface area contributed by atoms with Crippen molar-refractivity contribution in [3.05, 3.63) is 27.3 Å². The van der Waals surface area contributed by atoms with Gasteiger partial charge in [0, 0.05) is 12.6 Å². The maximum Gasteiger partial charge on any atom is 0.266 e. The highest BCUT2D eigenvalue weighted by Crippen LogP contribution is 2.07. The molecule has 0 atom stereocenters. The number of H-pyrrole nitrogens is 2.